The van der Waals surface area contributed by atoms with Crippen molar-refractivity contribution in [1.29, 1.82) is 5.26 Å². The number of hydrogen-bond donors (Lipinski definition) is 0. The van der Waals surface area contributed by atoms with E-state index in [9.17, 15) is 8.78 Å². The van der Waals surface area contributed by atoms with Crippen LogP contribution < -0.4 is 4.74 Å². The second-order valence-electron chi connectivity index (χ2n) is 3.00. The molecule has 0 unspecified atom stereocenters. The van der Waals surface area contributed by atoms with E-state index < -0.39 is 11.6 Å². The Hall–Kier alpha value is -2.55. The van der Waals surface area contributed by atoms with Crippen LogP contribution in [0.1, 0.15) is 5.69 Å². The van der Waals surface area contributed by atoms with E-state index in [4.69, 9.17) is 10.00 Å². The second-order valence-corrected chi connectivity index (χ2v) is 3.00. The number of halogens is 2. The Kier molecular flexibility index (Phi) is 2.92. The standard InChI is InChI=1S/C11H5F2N3O/c12-7-1-2-10(8(13)5-7)17-11-9(6-14)15-3-4-16-11/h1-5H. The van der Waals surface area contributed by atoms with Gasteiger partial charge in [-0.2, -0.15) is 5.26 Å². The van der Waals surface area contributed by atoms with Crippen molar-refractivity contribution >= 4 is 0 Å². The molecule has 2 aromatic rings. The largest absolute Gasteiger partial charge is 0.433 e. The van der Waals surface area contributed by atoms with Crippen molar-refractivity contribution in [2.75, 3.05) is 0 Å². The fraction of sp³-hybridized carbons (Fsp3) is 0. The van der Waals surface area contributed by atoms with Gasteiger partial charge in [-0.3, -0.25) is 0 Å². The van der Waals surface area contributed by atoms with Crippen molar-refractivity contribution in [2.45, 2.75) is 0 Å². The van der Waals surface area contributed by atoms with Crippen molar-refractivity contribution in [1.82, 2.24) is 9.97 Å². The molecule has 0 N–H and O–H groups in total. The average Bonchev–Trinajstić information content (AvgIpc) is 2.33. The molecule has 1 aromatic carbocycles. The predicted molar refractivity (Wildman–Crippen MR) is 53.2 cm³/mol. The summed E-state index contributed by atoms with van der Waals surface area (Å²) in [5.41, 5.74) is -0.0729. The molecule has 0 saturated carbocycles. The Morgan fingerprint density at radius 3 is 2.65 bits per heavy atom. The van der Waals surface area contributed by atoms with Crippen LogP contribution in [0, 0.1) is 23.0 Å². The van der Waals surface area contributed by atoms with E-state index >= 15 is 0 Å². The molecule has 17 heavy (non-hydrogen) atoms. The Bertz CT molecular complexity index is 596. The first-order chi connectivity index (χ1) is 8.20. The van der Waals surface area contributed by atoms with Gasteiger partial charge in [-0.25, -0.2) is 18.7 Å². The molecule has 0 aliphatic carbocycles. The summed E-state index contributed by atoms with van der Waals surface area (Å²) in [6.45, 7) is 0. The van der Waals surface area contributed by atoms with Gasteiger partial charge < -0.3 is 4.74 Å². The number of aromatic nitrogens is 2. The zero-order chi connectivity index (χ0) is 12.3. The van der Waals surface area contributed by atoms with Gasteiger partial charge >= 0.3 is 0 Å². The third-order valence-electron chi connectivity index (χ3n) is 1.87. The molecular weight excluding hydrogens is 228 g/mol. The van der Waals surface area contributed by atoms with Crippen LogP contribution in [-0.4, -0.2) is 9.97 Å². The average molecular weight is 233 g/mol. The molecule has 0 amide bonds. The minimum absolute atomic E-state index is 0.0729. The highest BCUT2D eigenvalue weighted by Crippen LogP contribution is 2.24. The third kappa shape index (κ3) is 2.34. The van der Waals surface area contributed by atoms with Gasteiger partial charge in [-0.15, -0.1) is 0 Å². The lowest BCUT2D eigenvalue weighted by atomic mass is 10.3. The number of hydrogen-bond acceptors (Lipinski definition) is 4. The first kappa shape index (κ1) is 11.0. The normalized spacial score (nSPS) is 9.71. The maximum atomic E-state index is 13.3. The molecular formula is C11H5F2N3O. The molecule has 2 rings (SSSR count). The van der Waals surface area contributed by atoms with Crippen LogP contribution in [0.25, 0.3) is 0 Å². The van der Waals surface area contributed by atoms with Crippen LogP contribution in [-0.2, 0) is 0 Å². The summed E-state index contributed by atoms with van der Waals surface area (Å²) in [5, 5.41) is 8.72. The first-order valence-corrected chi connectivity index (χ1v) is 4.54. The number of benzene rings is 1. The summed E-state index contributed by atoms with van der Waals surface area (Å²) in [7, 11) is 0. The highest BCUT2D eigenvalue weighted by molar-refractivity contribution is 5.35. The molecule has 84 valence electrons. The summed E-state index contributed by atoms with van der Waals surface area (Å²) in [6.07, 6.45) is 2.62. The van der Waals surface area contributed by atoms with Gasteiger partial charge in [0, 0.05) is 18.5 Å². The van der Waals surface area contributed by atoms with Crippen molar-refractivity contribution < 1.29 is 13.5 Å². The van der Waals surface area contributed by atoms with E-state index in [1.807, 2.05) is 0 Å². The van der Waals surface area contributed by atoms with Gasteiger partial charge in [0.15, 0.2) is 11.6 Å². The molecule has 0 bridgehead atoms. The summed E-state index contributed by atoms with van der Waals surface area (Å²) in [5.74, 6) is -1.93. The highest BCUT2D eigenvalue weighted by atomic mass is 19.1. The van der Waals surface area contributed by atoms with Crippen molar-refractivity contribution in [3.05, 3.63) is 47.9 Å². The minimum atomic E-state index is -0.875. The lowest BCUT2D eigenvalue weighted by Gasteiger charge is -2.05. The van der Waals surface area contributed by atoms with E-state index in [2.05, 4.69) is 9.97 Å². The zero-order valence-electron chi connectivity index (χ0n) is 8.39. The quantitative estimate of drug-likeness (QED) is 0.799. The number of ether oxygens (including phenoxy) is 1. The molecule has 0 fully saturated rings. The number of nitriles is 1. The molecule has 1 heterocycles. The van der Waals surface area contributed by atoms with Gasteiger partial charge in [-0.05, 0) is 12.1 Å². The number of rotatable bonds is 2. The maximum Gasteiger partial charge on any atom is 0.256 e. The van der Waals surface area contributed by atoms with E-state index in [1.165, 1.54) is 12.4 Å². The Morgan fingerprint density at radius 2 is 1.94 bits per heavy atom. The summed E-state index contributed by atoms with van der Waals surface area (Å²) < 4.78 is 31.0. The summed E-state index contributed by atoms with van der Waals surface area (Å²) in [6, 6.07) is 4.58. The van der Waals surface area contributed by atoms with Crippen molar-refractivity contribution in [3.8, 4) is 17.7 Å². The second kappa shape index (κ2) is 4.53. The molecule has 0 radical (unpaired) electrons. The topological polar surface area (TPSA) is 58.8 Å². The van der Waals surface area contributed by atoms with E-state index in [0.717, 1.165) is 12.1 Å². The Balaban J connectivity index is 2.35. The fourth-order valence-electron chi connectivity index (χ4n) is 1.14. The molecule has 6 heteroatoms. The van der Waals surface area contributed by atoms with Gasteiger partial charge in [0.1, 0.15) is 11.9 Å². The molecule has 1 aromatic heterocycles. The van der Waals surface area contributed by atoms with Gasteiger partial charge in [0.25, 0.3) is 5.88 Å². The first-order valence-electron chi connectivity index (χ1n) is 4.54. The van der Waals surface area contributed by atoms with Crippen LogP contribution in [0.4, 0.5) is 8.78 Å². The molecule has 0 aliphatic heterocycles. The van der Waals surface area contributed by atoms with Crippen LogP contribution in [0.2, 0.25) is 0 Å². The molecule has 0 atom stereocenters. The number of nitrogens with zero attached hydrogens (tertiary/aromatic N) is 3. The Labute approximate surface area is 95.1 Å². The molecule has 4 nitrogen and oxygen atoms in total. The van der Waals surface area contributed by atoms with Crippen molar-refractivity contribution in [3.63, 3.8) is 0 Å². The smallest absolute Gasteiger partial charge is 0.256 e. The van der Waals surface area contributed by atoms with E-state index in [-0.39, 0.29) is 17.3 Å². The van der Waals surface area contributed by atoms with Crippen molar-refractivity contribution in [2.24, 2.45) is 0 Å². The Morgan fingerprint density at radius 1 is 1.18 bits per heavy atom. The monoisotopic (exact) mass is 233 g/mol. The van der Waals surface area contributed by atoms with E-state index in [1.54, 1.807) is 6.07 Å². The van der Waals surface area contributed by atoms with Crippen LogP contribution in [0.15, 0.2) is 30.6 Å². The molecule has 0 aliphatic rings. The highest BCUT2D eigenvalue weighted by Gasteiger charge is 2.10. The predicted octanol–water partition coefficient (Wildman–Crippen LogP) is 2.42. The lowest BCUT2D eigenvalue weighted by Crippen LogP contribution is -1.96. The van der Waals surface area contributed by atoms with E-state index in [0.29, 0.717) is 6.07 Å². The van der Waals surface area contributed by atoms with Crippen LogP contribution >= 0.6 is 0 Å². The molecule has 0 saturated heterocycles. The lowest BCUT2D eigenvalue weighted by molar-refractivity contribution is 0.420. The minimum Gasteiger partial charge on any atom is -0.433 e. The van der Waals surface area contributed by atoms with Crippen LogP contribution in [0.3, 0.4) is 0 Å². The maximum absolute atomic E-state index is 13.3. The van der Waals surface area contributed by atoms with Gasteiger partial charge in [0.05, 0.1) is 0 Å². The third-order valence-corrected chi connectivity index (χ3v) is 1.87. The summed E-state index contributed by atoms with van der Waals surface area (Å²) >= 11 is 0. The SMILES string of the molecule is N#Cc1nccnc1Oc1ccc(F)cc1F. The zero-order valence-corrected chi connectivity index (χ0v) is 8.39. The molecule has 0 spiro atoms. The fourth-order valence-corrected chi connectivity index (χ4v) is 1.14. The van der Waals surface area contributed by atoms with Gasteiger partial charge in [-0.1, -0.05) is 0 Å². The van der Waals surface area contributed by atoms with Crippen LogP contribution in [0.5, 0.6) is 11.6 Å². The summed E-state index contributed by atoms with van der Waals surface area (Å²) in [4.78, 5) is 7.44. The van der Waals surface area contributed by atoms with Gasteiger partial charge in [0.2, 0.25) is 5.69 Å².